The fourth-order valence-electron chi connectivity index (χ4n) is 1.29. The summed E-state index contributed by atoms with van der Waals surface area (Å²) < 4.78 is 5.16. The topological polar surface area (TPSA) is 50.4 Å². The van der Waals surface area contributed by atoms with Crippen molar-refractivity contribution in [2.75, 3.05) is 13.7 Å². The van der Waals surface area contributed by atoms with Crippen LogP contribution < -0.4 is 15.4 Å². The molecule has 0 saturated carbocycles. The molecule has 0 unspecified atom stereocenters. The van der Waals surface area contributed by atoms with E-state index in [9.17, 15) is 4.79 Å². The molecule has 0 bridgehead atoms. The van der Waals surface area contributed by atoms with Gasteiger partial charge in [0.1, 0.15) is 5.75 Å². The molecule has 0 aliphatic heterocycles. The molecule has 0 fully saturated rings. The first-order chi connectivity index (χ1) is 7.69. The summed E-state index contributed by atoms with van der Waals surface area (Å²) in [7, 11) is 1.57. The van der Waals surface area contributed by atoms with Crippen LogP contribution in [-0.4, -0.2) is 19.7 Å². The molecule has 1 rings (SSSR count). The monoisotopic (exact) mass is 242 g/mol. The number of urea groups is 1. The second-order valence-electron chi connectivity index (χ2n) is 3.13. The van der Waals surface area contributed by atoms with Crippen molar-refractivity contribution in [2.24, 2.45) is 0 Å². The second kappa shape index (κ2) is 6.23. The Balaban J connectivity index is 2.69. The lowest BCUT2D eigenvalue weighted by Crippen LogP contribution is -2.34. The van der Waals surface area contributed by atoms with Gasteiger partial charge in [0.2, 0.25) is 0 Å². The Bertz CT molecular complexity index is 369. The van der Waals surface area contributed by atoms with Crippen molar-refractivity contribution in [3.05, 3.63) is 28.8 Å². The number of hydrogen-bond acceptors (Lipinski definition) is 2. The first-order valence-electron chi connectivity index (χ1n) is 5.02. The normalized spacial score (nSPS) is 9.69. The highest BCUT2D eigenvalue weighted by Gasteiger charge is 2.08. The molecule has 0 radical (unpaired) electrons. The fraction of sp³-hybridized carbons (Fsp3) is 0.364. The molecule has 16 heavy (non-hydrogen) atoms. The van der Waals surface area contributed by atoms with E-state index >= 15 is 0 Å². The maximum absolute atomic E-state index is 11.2. The number of nitrogens with one attached hydrogen (secondary N) is 2. The SMILES string of the molecule is CCNC(=O)NCc1c(Cl)cccc1OC. The fourth-order valence-corrected chi connectivity index (χ4v) is 1.53. The Labute approximate surface area is 99.9 Å². The number of benzene rings is 1. The van der Waals surface area contributed by atoms with Gasteiger partial charge in [0.05, 0.1) is 7.11 Å². The molecule has 2 N–H and O–H groups in total. The van der Waals surface area contributed by atoms with Crippen LogP contribution in [0.25, 0.3) is 0 Å². The van der Waals surface area contributed by atoms with E-state index in [1.165, 1.54) is 0 Å². The summed E-state index contributed by atoms with van der Waals surface area (Å²) in [6, 6.07) is 5.15. The lowest BCUT2D eigenvalue weighted by atomic mass is 10.2. The number of halogens is 1. The minimum Gasteiger partial charge on any atom is -0.496 e. The highest BCUT2D eigenvalue weighted by Crippen LogP contribution is 2.25. The van der Waals surface area contributed by atoms with Gasteiger partial charge in [-0.1, -0.05) is 17.7 Å². The van der Waals surface area contributed by atoms with Crippen LogP contribution in [0.15, 0.2) is 18.2 Å². The molecule has 0 aromatic heterocycles. The Morgan fingerprint density at radius 2 is 2.19 bits per heavy atom. The van der Waals surface area contributed by atoms with Gasteiger partial charge in [-0.3, -0.25) is 0 Å². The van der Waals surface area contributed by atoms with Crippen molar-refractivity contribution in [1.82, 2.24) is 10.6 Å². The first kappa shape index (κ1) is 12.6. The van der Waals surface area contributed by atoms with Crippen molar-refractivity contribution in [2.45, 2.75) is 13.5 Å². The van der Waals surface area contributed by atoms with Crippen LogP contribution in [0.4, 0.5) is 4.79 Å². The van der Waals surface area contributed by atoms with E-state index in [-0.39, 0.29) is 6.03 Å². The van der Waals surface area contributed by atoms with Gasteiger partial charge in [0, 0.05) is 23.7 Å². The molecular weight excluding hydrogens is 228 g/mol. The van der Waals surface area contributed by atoms with Gasteiger partial charge in [-0.25, -0.2) is 4.79 Å². The maximum Gasteiger partial charge on any atom is 0.315 e. The third-order valence-electron chi connectivity index (χ3n) is 2.06. The van der Waals surface area contributed by atoms with Gasteiger partial charge in [0.15, 0.2) is 0 Å². The summed E-state index contributed by atoms with van der Waals surface area (Å²) in [5, 5.41) is 5.92. The lowest BCUT2D eigenvalue weighted by Gasteiger charge is -2.11. The van der Waals surface area contributed by atoms with Crippen LogP contribution in [0, 0.1) is 0 Å². The summed E-state index contributed by atoms with van der Waals surface area (Å²) in [5.41, 5.74) is 0.776. The molecular formula is C11H15ClN2O2. The van der Waals surface area contributed by atoms with Crippen molar-refractivity contribution in [3.8, 4) is 5.75 Å². The van der Waals surface area contributed by atoms with Gasteiger partial charge in [0.25, 0.3) is 0 Å². The zero-order chi connectivity index (χ0) is 12.0. The maximum atomic E-state index is 11.2. The van der Waals surface area contributed by atoms with Crippen LogP contribution in [0.5, 0.6) is 5.75 Å². The molecule has 0 atom stereocenters. The molecule has 0 heterocycles. The zero-order valence-corrected chi connectivity index (χ0v) is 10.1. The number of carbonyl (C=O) groups excluding carboxylic acids is 1. The van der Waals surface area contributed by atoms with Crippen molar-refractivity contribution < 1.29 is 9.53 Å². The predicted molar refractivity (Wildman–Crippen MR) is 63.9 cm³/mol. The van der Waals surface area contributed by atoms with Gasteiger partial charge >= 0.3 is 6.03 Å². The number of methoxy groups -OCH3 is 1. The van der Waals surface area contributed by atoms with Gasteiger partial charge in [-0.05, 0) is 19.1 Å². The smallest absolute Gasteiger partial charge is 0.315 e. The minimum absolute atomic E-state index is 0.218. The third kappa shape index (κ3) is 3.31. The van der Waals surface area contributed by atoms with Crippen molar-refractivity contribution >= 4 is 17.6 Å². The van der Waals surface area contributed by atoms with Crippen molar-refractivity contribution in [3.63, 3.8) is 0 Å². The van der Waals surface area contributed by atoms with Gasteiger partial charge in [-0.15, -0.1) is 0 Å². The average molecular weight is 243 g/mol. The molecule has 88 valence electrons. The summed E-state index contributed by atoms with van der Waals surface area (Å²) in [6.45, 7) is 2.79. The van der Waals surface area contributed by atoms with E-state index < -0.39 is 0 Å². The summed E-state index contributed by atoms with van der Waals surface area (Å²) in [4.78, 5) is 11.2. The molecule has 5 heteroatoms. The Hall–Kier alpha value is -1.42. The standard InChI is InChI=1S/C11H15ClN2O2/c1-3-13-11(15)14-7-8-9(12)5-4-6-10(8)16-2/h4-6H,3,7H2,1-2H3,(H2,13,14,15). The molecule has 0 spiro atoms. The number of amides is 2. The average Bonchev–Trinajstić information content (AvgIpc) is 2.27. The number of hydrogen-bond donors (Lipinski definition) is 2. The van der Waals surface area contributed by atoms with E-state index in [1.807, 2.05) is 6.92 Å². The van der Waals surface area contributed by atoms with E-state index in [4.69, 9.17) is 16.3 Å². The van der Waals surface area contributed by atoms with Crippen LogP contribution in [0.3, 0.4) is 0 Å². The van der Waals surface area contributed by atoms with Crippen molar-refractivity contribution in [1.29, 1.82) is 0 Å². The zero-order valence-electron chi connectivity index (χ0n) is 9.34. The van der Waals surface area contributed by atoms with Gasteiger partial charge < -0.3 is 15.4 Å². The third-order valence-corrected chi connectivity index (χ3v) is 2.41. The van der Waals surface area contributed by atoms with E-state index in [2.05, 4.69) is 10.6 Å². The summed E-state index contributed by atoms with van der Waals surface area (Å²) >= 11 is 6.02. The van der Waals surface area contributed by atoms with Crippen LogP contribution in [0.1, 0.15) is 12.5 Å². The summed E-state index contributed by atoms with van der Waals surface area (Å²) in [6.07, 6.45) is 0. The largest absolute Gasteiger partial charge is 0.496 e. The van der Waals surface area contributed by atoms with E-state index in [0.29, 0.717) is 23.9 Å². The number of carbonyl (C=O) groups is 1. The quantitative estimate of drug-likeness (QED) is 0.850. The molecule has 1 aromatic carbocycles. The van der Waals surface area contributed by atoms with Crippen LogP contribution in [-0.2, 0) is 6.54 Å². The summed E-state index contributed by atoms with van der Waals surface area (Å²) in [5.74, 6) is 0.671. The Kier molecular flexibility index (Phi) is 4.92. The molecule has 0 aliphatic carbocycles. The number of rotatable bonds is 4. The van der Waals surface area contributed by atoms with E-state index in [1.54, 1.807) is 25.3 Å². The molecule has 1 aromatic rings. The van der Waals surface area contributed by atoms with Crippen LogP contribution in [0.2, 0.25) is 5.02 Å². The highest BCUT2D eigenvalue weighted by atomic mass is 35.5. The predicted octanol–water partition coefficient (Wildman–Crippen LogP) is 2.17. The Morgan fingerprint density at radius 3 is 2.81 bits per heavy atom. The molecule has 0 aliphatic rings. The second-order valence-corrected chi connectivity index (χ2v) is 3.54. The van der Waals surface area contributed by atoms with Crippen LogP contribution >= 0.6 is 11.6 Å². The number of ether oxygens (including phenoxy) is 1. The van der Waals surface area contributed by atoms with E-state index in [0.717, 1.165) is 5.56 Å². The molecule has 4 nitrogen and oxygen atoms in total. The minimum atomic E-state index is -0.218. The first-order valence-corrected chi connectivity index (χ1v) is 5.40. The molecule has 2 amide bonds. The van der Waals surface area contributed by atoms with Gasteiger partial charge in [-0.2, -0.15) is 0 Å². The molecule has 0 saturated heterocycles. The Morgan fingerprint density at radius 1 is 1.44 bits per heavy atom. The lowest BCUT2D eigenvalue weighted by molar-refractivity contribution is 0.241. The highest BCUT2D eigenvalue weighted by molar-refractivity contribution is 6.31.